The first-order valence-corrected chi connectivity index (χ1v) is 7.98. The van der Waals surface area contributed by atoms with Gasteiger partial charge < -0.3 is 20.5 Å². The van der Waals surface area contributed by atoms with Gasteiger partial charge in [-0.15, -0.1) is 0 Å². The molecule has 2 aliphatic carbocycles. The molecular formula is C17H22N2O4. The number of nitrogens with two attached hydrogens (primary N) is 1. The standard InChI is InChI=1S/C17H22N2O4/c1-22-15-8-12-10(7-13(15)17(18)21)3-2-4-14(12)23-9-11-5-6-16(20)19-11/h4,7,11-12H,2-3,5-6,8-9H2,1H3,(H2,18,21)(H,19,20)/t11-,12?/m0/s1. The molecular weight excluding hydrogens is 296 g/mol. The molecule has 124 valence electrons. The molecule has 0 bridgehead atoms. The molecule has 0 saturated carbocycles. The quantitative estimate of drug-likeness (QED) is 0.799. The molecule has 6 heteroatoms. The van der Waals surface area contributed by atoms with Crippen molar-refractivity contribution in [3.63, 3.8) is 0 Å². The van der Waals surface area contributed by atoms with Crippen LogP contribution in [0.4, 0.5) is 0 Å². The van der Waals surface area contributed by atoms with Crippen molar-refractivity contribution in [3.05, 3.63) is 34.8 Å². The van der Waals surface area contributed by atoms with Gasteiger partial charge in [0.05, 0.1) is 24.5 Å². The smallest absolute Gasteiger partial charge is 0.252 e. The largest absolute Gasteiger partial charge is 0.500 e. The molecule has 1 aliphatic heterocycles. The molecule has 1 fully saturated rings. The van der Waals surface area contributed by atoms with Crippen LogP contribution in [-0.4, -0.2) is 31.6 Å². The highest BCUT2D eigenvalue weighted by atomic mass is 16.5. The highest BCUT2D eigenvalue weighted by Crippen LogP contribution is 2.40. The van der Waals surface area contributed by atoms with E-state index in [-0.39, 0.29) is 17.9 Å². The summed E-state index contributed by atoms with van der Waals surface area (Å²) in [4.78, 5) is 22.8. The molecule has 0 spiro atoms. The molecule has 2 atom stereocenters. The van der Waals surface area contributed by atoms with Gasteiger partial charge >= 0.3 is 0 Å². The Kier molecular flexibility index (Phi) is 4.41. The fourth-order valence-electron chi connectivity index (χ4n) is 3.41. The van der Waals surface area contributed by atoms with Crippen molar-refractivity contribution in [1.82, 2.24) is 5.32 Å². The number of nitrogens with one attached hydrogen (secondary N) is 1. The van der Waals surface area contributed by atoms with Crippen molar-refractivity contribution in [2.75, 3.05) is 13.7 Å². The predicted octanol–water partition coefficient (Wildman–Crippen LogP) is 1.29. The van der Waals surface area contributed by atoms with E-state index in [0.29, 0.717) is 30.8 Å². The number of ether oxygens (including phenoxy) is 2. The van der Waals surface area contributed by atoms with Crippen LogP contribution in [0, 0.1) is 5.92 Å². The lowest BCUT2D eigenvalue weighted by molar-refractivity contribution is -0.119. The number of amides is 2. The van der Waals surface area contributed by atoms with E-state index in [1.807, 2.05) is 6.08 Å². The second kappa shape index (κ2) is 6.48. The number of carbonyl (C=O) groups is 2. The minimum Gasteiger partial charge on any atom is -0.500 e. The Morgan fingerprint density at radius 2 is 2.26 bits per heavy atom. The van der Waals surface area contributed by atoms with Crippen LogP contribution < -0.4 is 11.1 Å². The molecule has 3 rings (SSSR count). The molecule has 6 nitrogen and oxygen atoms in total. The van der Waals surface area contributed by atoms with Gasteiger partial charge in [0.1, 0.15) is 12.4 Å². The molecule has 1 unspecified atom stereocenters. The molecule has 2 amide bonds. The van der Waals surface area contributed by atoms with E-state index in [1.54, 1.807) is 7.11 Å². The molecule has 3 aliphatic rings. The van der Waals surface area contributed by atoms with E-state index >= 15 is 0 Å². The Morgan fingerprint density at radius 1 is 1.43 bits per heavy atom. The minimum atomic E-state index is -0.460. The summed E-state index contributed by atoms with van der Waals surface area (Å²) in [5, 5.41) is 2.91. The predicted molar refractivity (Wildman–Crippen MR) is 83.9 cm³/mol. The van der Waals surface area contributed by atoms with Gasteiger partial charge in [0.2, 0.25) is 5.91 Å². The maximum absolute atomic E-state index is 11.6. The lowest BCUT2D eigenvalue weighted by Crippen LogP contribution is -2.31. The normalized spacial score (nSPS) is 26.9. The molecule has 0 aromatic rings. The number of methoxy groups -OCH3 is 1. The minimum absolute atomic E-state index is 0.0833. The van der Waals surface area contributed by atoms with Crippen LogP contribution in [0.3, 0.4) is 0 Å². The molecule has 0 radical (unpaired) electrons. The summed E-state index contributed by atoms with van der Waals surface area (Å²) in [5.74, 6) is 1.24. The van der Waals surface area contributed by atoms with Crippen LogP contribution in [0.15, 0.2) is 34.8 Å². The van der Waals surface area contributed by atoms with Crippen molar-refractivity contribution in [3.8, 4) is 0 Å². The summed E-state index contributed by atoms with van der Waals surface area (Å²) in [5.41, 5.74) is 7.06. The summed E-state index contributed by atoms with van der Waals surface area (Å²) < 4.78 is 11.3. The van der Waals surface area contributed by atoms with Gasteiger partial charge in [-0.1, -0.05) is 5.57 Å². The lowest BCUT2D eigenvalue weighted by atomic mass is 9.80. The number of primary amides is 1. The topological polar surface area (TPSA) is 90.7 Å². The number of rotatable bonds is 5. The van der Waals surface area contributed by atoms with E-state index in [0.717, 1.165) is 30.6 Å². The van der Waals surface area contributed by atoms with Crippen LogP contribution >= 0.6 is 0 Å². The molecule has 23 heavy (non-hydrogen) atoms. The maximum atomic E-state index is 11.6. The van der Waals surface area contributed by atoms with Crippen molar-refractivity contribution < 1.29 is 19.1 Å². The van der Waals surface area contributed by atoms with Crippen LogP contribution in [-0.2, 0) is 19.1 Å². The Morgan fingerprint density at radius 3 is 2.91 bits per heavy atom. The van der Waals surface area contributed by atoms with Gasteiger partial charge in [-0.3, -0.25) is 9.59 Å². The van der Waals surface area contributed by atoms with Crippen LogP contribution in [0.5, 0.6) is 0 Å². The second-order valence-corrected chi connectivity index (χ2v) is 6.14. The molecule has 0 aromatic heterocycles. The van der Waals surface area contributed by atoms with Crippen LogP contribution in [0.25, 0.3) is 0 Å². The summed E-state index contributed by atoms with van der Waals surface area (Å²) >= 11 is 0. The van der Waals surface area contributed by atoms with Crippen molar-refractivity contribution in [2.45, 2.75) is 38.1 Å². The summed E-state index contributed by atoms with van der Waals surface area (Å²) in [6.45, 7) is 0.482. The van der Waals surface area contributed by atoms with Gasteiger partial charge in [-0.25, -0.2) is 0 Å². The Labute approximate surface area is 135 Å². The number of carbonyl (C=O) groups excluding carboxylic acids is 2. The summed E-state index contributed by atoms with van der Waals surface area (Å²) in [6, 6.07) is 0.0833. The van der Waals surface area contributed by atoms with Gasteiger partial charge in [0, 0.05) is 18.8 Å². The molecule has 3 N–H and O–H groups in total. The highest BCUT2D eigenvalue weighted by molar-refractivity contribution is 5.96. The SMILES string of the molecule is COC1=C(C(N)=O)C=C2CCC=C(OC[C@@H]3CCC(=O)N3)C2C1. The third kappa shape index (κ3) is 3.25. The van der Waals surface area contributed by atoms with Crippen LogP contribution in [0.1, 0.15) is 32.1 Å². The number of allylic oxidation sites excluding steroid dienone is 3. The molecule has 1 heterocycles. The zero-order chi connectivity index (χ0) is 16.4. The maximum Gasteiger partial charge on any atom is 0.252 e. The summed E-state index contributed by atoms with van der Waals surface area (Å²) in [7, 11) is 1.55. The third-order valence-corrected chi connectivity index (χ3v) is 4.64. The van der Waals surface area contributed by atoms with E-state index < -0.39 is 5.91 Å². The Hall–Kier alpha value is -2.24. The zero-order valence-corrected chi connectivity index (χ0v) is 13.3. The first kappa shape index (κ1) is 15.6. The Balaban J connectivity index is 1.70. The monoisotopic (exact) mass is 318 g/mol. The van der Waals surface area contributed by atoms with Gasteiger partial charge in [-0.05, 0) is 31.4 Å². The van der Waals surface area contributed by atoms with E-state index in [2.05, 4.69) is 11.4 Å². The van der Waals surface area contributed by atoms with Crippen molar-refractivity contribution in [2.24, 2.45) is 11.7 Å². The average molecular weight is 318 g/mol. The number of hydrogen-bond donors (Lipinski definition) is 2. The van der Waals surface area contributed by atoms with E-state index in [9.17, 15) is 9.59 Å². The van der Waals surface area contributed by atoms with Crippen LogP contribution in [0.2, 0.25) is 0 Å². The third-order valence-electron chi connectivity index (χ3n) is 4.64. The molecule has 0 aromatic carbocycles. The molecule has 1 saturated heterocycles. The lowest BCUT2D eigenvalue weighted by Gasteiger charge is -2.31. The van der Waals surface area contributed by atoms with Crippen molar-refractivity contribution in [1.29, 1.82) is 0 Å². The first-order chi connectivity index (χ1) is 11.1. The zero-order valence-electron chi connectivity index (χ0n) is 13.3. The van der Waals surface area contributed by atoms with E-state index in [4.69, 9.17) is 15.2 Å². The second-order valence-electron chi connectivity index (χ2n) is 6.14. The summed E-state index contributed by atoms with van der Waals surface area (Å²) in [6.07, 6.45) is 7.69. The van der Waals surface area contributed by atoms with Gasteiger partial charge in [-0.2, -0.15) is 0 Å². The highest BCUT2D eigenvalue weighted by Gasteiger charge is 2.32. The fraction of sp³-hybridized carbons (Fsp3) is 0.529. The van der Waals surface area contributed by atoms with Gasteiger partial charge in [0.15, 0.2) is 0 Å². The van der Waals surface area contributed by atoms with Crippen molar-refractivity contribution >= 4 is 11.8 Å². The number of hydrogen-bond acceptors (Lipinski definition) is 4. The number of fused-ring (bicyclic) bond motifs is 1. The first-order valence-electron chi connectivity index (χ1n) is 7.98. The average Bonchev–Trinajstić information content (AvgIpc) is 2.96. The van der Waals surface area contributed by atoms with E-state index in [1.165, 1.54) is 0 Å². The fourth-order valence-corrected chi connectivity index (χ4v) is 3.41. The Bertz CT molecular complexity index is 618. The van der Waals surface area contributed by atoms with Gasteiger partial charge in [0.25, 0.3) is 5.91 Å².